The second-order valence-electron chi connectivity index (χ2n) is 9.57. The summed E-state index contributed by atoms with van der Waals surface area (Å²) in [5.74, 6) is 0.270. The van der Waals surface area contributed by atoms with Gasteiger partial charge < -0.3 is 30.2 Å². The minimum atomic E-state index is -0.525. The molecule has 3 N–H and O–H groups in total. The van der Waals surface area contributed by atoms with Crippen molar-refractivity contribution in [3.63, 3.8) is 0 Å². The zero-order valence-corrected chi connectivity index (χ0v) is 20.8. The molecule has 1 fully saturated rings. The van der Waals surface area contributed by atoms with Crippen LogP contribution in [0, 0.1) is 0 Å². The average Bonchev–Trinajstić information content (AvgIpc) is 3.24. The summed E-state index contributed by atoms with van der Waals surface area (Å²) in [5, 5.41) is 3.45. The number of methoxy groups -OCH3 is 1. The summed E-state index contributed by atoms with van der Waals surface area (Å²) in [7, 11) is 3.37. The van der Waals surface area contributed by atoms with Gasteiger partial charge in [-0.2, -0.15) is 0 Å². The molecule has 184 valence electrons. The lowest BCUT2D eigenvalue weighted by Gasteiger charge is -2.38. The summed E-state index contributed by atoms with van der Waals surface area (Å²) in [6, 6.07) is 1.41. The number of likely N-dealkylation sites (N-methyl/N-ethyl adjacent to an activating group) is 1. The molecule has 2 amide bonds. The van der Waals surface area contributed by atoms with Gasteiger partial charge >= 0.3 is 6.09 Å². The Balaban J connectivity index is 1.56. The van der Waals surface area contributed by atoms with Gasteiger partial charge in [0.05, 0.1) is 35.0 Å². The van der Waals surface area contributed by atoms with Crippen molar-refractivity contribution < 1.29 is 23.8 Å². The Morgan fingerprint density at radius 1 is 1.39 bits per heavy atom. The number of piperidine rings is 1. The molecule has 0 unspecified atom stereocenters. The van der Waals surface area contributed by atoms with Gasteiger partial charge in [0.2, 0.25) is 0 Å². The number of hydrogen-bond acceptors (Lipinski definition) is 7. The van der Waals surface area contributed by atoms with Gasteiger partial charge in [-0.25, -0.2) is 4.79 Å². The Hall–Kier alpha value is -2.23. The van der Waals surface area contributed by atoms with Crippen molar-refractivity contribution in [3.05, 3.63) is 22.2 Å². The Labute approximate surface area is 200 Å². The number of nitrogens with zero attached hydrogens (tertiary/aromatic N) is 2. The van der Waals surface area contributed by atoms with E-state index in [0.717, 1.165) is 12.1 Å². The number of anilines is 1. The van der Waals surface area contributed by atoms with Crippen molar-refractivity contribution in [2.75, 3.05) is 52.7 Å². The molecule has 0 saturated carbocycles. The van der Waals surface area contributed by atoms with Crippen molar-refractivity contribution in [1.82, 2.24) is 15.1 Å². The number of amides is 2. The molecular formula is C23H35ClN4O5. The van der Waals surface area contributed by atoms with Crippen molar-refractivity contribution >= 4 is 29.3 Å². The van der Waals surface area contributed by atoms with E-state index < -0.39 is 5.60 Å². The maximum atomic E-state index is 13.1. The number of hydrogen-bond donors (Lipinski definition) is 2. The maximum Gasteiger partial charge on any atom is 0.410 e. The van der Waals surface area contributed by atoms with E-state index in [-0.39, 0.29) is 24.1 Å². The summed E-state index contributed by atoms with van der Waals surface area (Å²) in [6.45, 7) is 8.65. The standard InChI is InChI=1S/C23H35ClN4O5/c1-23(2,3)33-22(30)27(4)9-10-28-8-6-17(18(13-28)31-5)26-21(29)15-12-16(24)19(25)14-7-11-32-20(14)15/h12,17-18H,6-11,13,25H2,1-5H3,(H,26,29)/t17-,18+/m1/s1. The van der Waals surface area contributed by atoms with E-state index in [1.54, 1.807) is 25.1 Å². The van der Waals surface area contributed by atoms with Crippen molar-refractivity contribution in [1.29, 1.82) is 0 Å². The highest BCUT2D eigenvalue weighted by atomic mass is 35.5. The molecule has 33 heavy (non-hydrogen) atoms. The number of rotatable bonds is 6. The largest absolute Gasteiger partial charge is 0.492 e. The summed E-state index contributed by atoms with van der Waals surface area (Å²) < 4.78 is 16.8. The molecule has 2 atom stereocenters. The van der Waals surface area contributed by atoms with Crippen LogP contribution >= 0.6 is 11.6 Å². The Morgan fingerprint density at radius 2 is 2.12 bits per heavy atom. The molecule has 0 radical (unpaired) electrons. The van der Waals surface area contributed by atoms with Crippen LogP contribution in [0.5, 0.6) is 5.75 Å². The van der Waals surface area contributed by atoms with Gasteiger partial charge in [-0.05, 0) is 33.3 Å². The van der Waals surface area contributed by atoms with Crippen LogP contribution in [-0.2, 0) is 15.9 Å². The first kappa shape index (κ1) is 25.4. The van der Waals surface area contributed by atoms with E-state index in [0.29, 0.717) is 61.1 Å². The Morgan fingerprint density at radius 3 is 2.79 bits per heavy atom. The van der Waals surface area contributed by atoms with Crippen molar-refractivity contribution in [3.8, 4) is 5.75 Å². The number of nitrogens with one attached hydrogen (secondary N) is 1. The van der Waals surface area contributed by atoms with E-state index in [4.69, 9.17) is 31.5 Å². The molecule has 2 aliphatic heterocycles. The molecule has 1 aromatic carbocycles. The van der Waals surface area contributed by atoms with Gasteiger partial charge in [-0.3, -0.25) is 9.69 Å². The van der Waals surface area contributed by atoms with Gasteiger partial charge in [-0.1, -0.05) is 11.6 Å². The number of benzene rings is 1. The van der Waals surface area contributed by atoms with Gasteiger partial charge in [-0.15, -0.1) is 0 Å². The topological polar surface area (TPSA) is 106 Å². The zero-order valence-electron chi connectivity index (χ0n) is 20.1. The van der Waals surface area contributed by atoms with Crippen molar-refractivity contribution in [2.24, 2.45) is 0 Å². The third-order valence-corrected chi connectivity index (χ3v) is 6.25. The van der Waals surface area contributed by atoms with Gasteiger partial charge in [0.15, 0.2) is 0 Å². The summed E-state index contributed by atoms with van der Waals surface area (Å²) in [5.41, 5.74) is 7.18. The van der Waals surface area contributed by atoms with Crippen LogP contribution in [0.3, 0.4) is 0 Å². The fraction of sp³-hybridized carbons (Fsp3) is 0.652. The van der Waals surface area contributed by atoms with Gasteiger partial charge in [0, 0.05) is 52.3 Å². The fourth-order valence-electron chi connectivity index (χ4n) is 4.09. The van der Waals surface area contributed by atoms with E-state index in [9.17, 15) is 9.59 Å². The lowest BCUT2D eigenvalue weighted by atomic mass is 10.00. The van der Waals surface area contributed by atoms with Crippen molar-refractivity contribution in [2.45, 2.75) is 51.4 Å². The Kier molecular flexibility index (Phi) is 7.97. The predicted octanol–water partition coefficient (Wildman–Crippen LogP) is 2.54. The molecule has 1 saturated heterocycles. The first-order chi connectivity index (χ1) is 15.5. The molecule has 9 nitrogen and oxygen atoms in total. The molecule has 0 bridgehead atoms. The third kappa shape index (κ3) is 6.22. The molecular weight excluding hydrogens is 448 g/mol. The highest BCUT2D eigenvalue weighted by Gasteiger charge is 2.33. The fourth-order valence-corrected chi connectivity index (χ4v) is 4.32. The van der Waals surface area contributed by atoms with Gasteiger partial charge in [0.1, 0.15) is 11.4 Å². The second kappa shape index (κ2) is 10.4. The highest BCUT2D eigenvalue weighted by Crippen LogP contribution is 2.38. The molecule has 0 aliphatic carbocycles. The van der Waals surface area contributed by atoms with Crippen LogP contribution in [0.15, 0.2) is 6.07 Å². The van der Waals surface area contributed by atoms with E-state index in [1.807, 2.05) is 20.8 Å². The van der Waals surface area contributed by atoms with Crippen LogP contribution in [0.25, 0.3) is 0 Å². The monoisotopic (exact) mass is 482 g/mol. The first-order valence-corrected chi connectivity index (χ1v) is 11.6. The number of carbonyl (C=O) groups is 2. The minimum absolute atomic E-state index is 0.157. The SMILES string of the molecule is CO[C@H]1CN(CCN(C)C(=O)OC(C)(C)C)CC[C@H]1NC(=O)c1cc(Cl)c(N)c2c1OCC2. The Bertz CT molecular complexity index is 889. The molecule has 0 aromatic heterocycles. The minimum Gasteiger partial charge on any atom is -0.492 e. The quantitative estimate of drug-likeness (QED) is 0.600. The highest BCUT2D eigenvalue weighted by molar-refractivity contribution is 6.33. The van der Waals surface area contributed by atoms with E-state index in [2.05, 4.69) is 10.2 Å². The predicted molar refractivity (Wildman–Crippen MR) is 127 cm³/mol. The smallest absolute Gasteiger partial charge is 0.410 e. The van der Waals surface area contributed by atoms with Crippen LogP contribution in [0.2, 0.25) is 5.02 Å². The molecule has 10 heteroatoms. The number of carbonyl (C=O) groups excluding carboxylic acids is 2. The van der Waals surface area contributed by atoms with Crippen LogP contribution in [0.1, 0.15) is 43.1 Å². The zero-order chi connectivity index (χ0) is 24.3. The van der Waals surface area contributed by atoms with Crippen LogP contribution in [0.4, 0.5) is 10.5 Å². The molecule has 1 aromatic rings. The number of halogens is 1. The lowest BCUT2D eigenvalue weighted by Crippen LogP contribution is -2.55. The number of ether oxygens (including phenoxy) is 3. The number of nitrogen functional groups attached to an aromatic ring is 1. The molecule has 3 rings (SSSR count). The summed E-state index contributed by atoms with van der Waals surface area (Å²) in [4.78, 5) is 29.0. The summed E-state index contributed by atoms with van der Waals surface area (Å²) in [6.07, 6.45) is 0.822. The second-order valence-corrected chi connectivity index (χ2v) is 9.98. The number of nitrogens with two attached hydrogens (primary N) is 1. The lowest BCUT2D eigenvalue weighted by molar-refractivity contribution is 0.00123. The molecule has 0 spiro atoms. The van der Waals surface area contributed by atoms with Crippen LogP contribution in [-0.4, -0.2) is 86.5 Å². The van der Waals surface area contributed by atoms with E-state index in [1.165, 1.54) is 0 Å². The summed E-state index contributed by atoms with van der Waals surface area (Å²) >= 11 is 6.25. The normalized spacial score (nSPS) is 20.7. The molecule has 2 aliphatic rings. The average molecular weight is 483 g/mol. The number of likely N-dealkylation sites (tertiary alicyclic amines) is 1. The van der Waals surface area contributed by atoms with Gasteiger partial charge in [0.25, 0.3) is 5.91 Å². The maximum absolute atomic E-state index is 13.1. The van der Waals surface area contributed by atoms with Crippen LogP contribution < -0.4 is 15.8 Å². The first-order valence-electron chi connectivity index (χ1n) is 11.2. The third-order valence-electron chi connectivity index (χ3n) is 5.93. The van der Waals surface area contributed by atoms with E-state index >= 15 is 0 Å². The number of fused-ring (bicyclic) bond motifs is 1. The molecule has 2 heterocycles.